The smallest absolute Gasteiger partial charge is 0.0603 e. The van der Waals surface area contributed by atoms with Gasteiger partial charge in [-0.15, -0.1) is 0 Å². The number of rotatable bonds is 1. The molecule has 12 heavy (non-hydrogen) atoms. The van der Waals surface area contributed by atoms with Gasteiger partial charge in [-0.2, -0.15) is 4.37 Å². The number of hydrogen-bond acceptors (Lipinski definition) is 3. The molecule has 1 aromatic heterocycles. The molecule has 1 aliphatic heterocycles. The molecule has 1 N–H and O–H groups in total. The van der Waals surface area contributed by atoms with Gasteiger partial charge in [0.15, 0.2) is 0 Å². The standard InChI is InChI=1S/C9H14N2S/c1-6(2)9-7-3-4-10-5-8(7)12-11-9/h6,10H,3-5H2,1-2H3. The van der Waals surface area contributed by atoms with Crippen LogP contribution >= 0.6 is 11.5 Å². The Bertz CT molecular complexity index is 278. The van der Waals surface area contributed by atoms with Crippen molar-refractivity contribution in [3.8, 4) is 0 Å². The minimum absolute atomic E-state index is 0.586. The van der Waals surface area contributed by atoms with Gasteiger partial charge in [-0.25, -0.2) is 0 Å². The predicted octanol–water partition coefficient (Wildman–Crippen LogP) is 1.91. The molecule has 66 valence electrons. The van der Waals surface area contributed by atoms with Crippen molar-refractivity contribution in [3.05, 3.63) is 16.1 Å². The van der Waals surface area contributed by atoms with E-state index in [4.69, 9.17) is 0 Å². The molecular weight excluding hydrogens is 168 g/mol. The average Bonchev–Trinajstić information content (AvgIpc) is 2.47. The van der Waals surface area contributed by atoms with Crippen molar-refractivity contribution in [1.29, 1.82) is 0 Å². The van der Waals surface area contributed by atoms with E-state index in [9.17, 15) is 0 Å². The summed E-state index contributed by atoms with van der Waals surface area (Å²) >= 11 is 1.67. The molecule has 1 aliphatic rings. The fourth-order valence-corrected chi connectivity index (χ4v) is 2.65. The van der Waals surface area contributed by atoms with Crippen molar-refractivity contribution in [1.82, 2.24) is 9.69 Å². The zero-order chi connectivity index (χ0) is 8.55. The number of hydrogen-bond donors (Lipinski definition) is 1. The molecule has 0 fully saturated rings. The summed E-state index contributed by atoms with van der Waals surface area (Å²) in [6.45, 7) is 6.58. The molecular formula is C9H14N2S. The SMILES string of the molecule is CC(C)c1nsc2c1CCNC2. The first-order valence-corrected chi connectivity index (χ1v) is 5.24. The summed E-state index contributed by atoms with van der Waals surface area (Å²) in [5.74, 6) is 0.586. The molecule has 2 nitrogen and oxygen atoms in total. The van der Waals surface area contributed by atoms with Gasteiger partial charge in [0.2, 0.25) is 0 Å². The van der Waals surface area contributed by atoms with Crippen LogP contribution in [-0.4, -0.2) is 10.9 Å². The summed E-state index contributed by atoms with van der Waals surface area (Å²) in [6.07, 6.45) is 1.17. The summed E-state index contributed by atoms with van der Waals surface area (Å²) in [4.78, 5) is 1.45. The molecule has 0 bridgehead atoms. The lowest BCUT2D eigenvalue weighted by atomic mass is 10.0. The molecule has 0 aliphatic carbocycles. The molecule has 0 saturated heterocycles. The van der Waals surface area contributed by atoms with Crippen LogP contribution in [0, 0.1) is 0 Å². The lowest BCUT2D eigenvalue weighted by molar-refractivity contribution is 0.644. The molecule has 0 saturated carbocycles. The monoisotopic (exact) mass is 182 g/mol. The van der Waals surface area contributed by atoms with Crippen LogP contribution in [0.15, 0.2) is 0 Å². The summed E-state index contributed by atoms with van der Waals surface area (Å²) in [5, 5.41) is 3.36. The maximum Gasteiger partial charge on any atom is 0.0603 e. The molecule has 0 amide bonds. The van der Waals surface area contributed by atoms with E-state index in [0.717, 1.165) is 13.1 Å². The maximum atomic E-state index is 4.50. The molecule has 3 heteroatoms. The number of nitrogens with zero attached hydrogens (tertiary/aromatic N) is 1. The highest BCUT2D eigenvalue weighted by molar-refractivity contribution is 7.06. The third-order valence-corrected chi connectivity index (χ3v) is 3.18. The Balaban J connectivity index is 2.38. The Kier molecular flexibility index (Phi) is 2.15. The number of nitrogens with one attached hydrogen (secondary N) is 1. The largest absolute Gasteiger partial charge is 0.311 e. The van der Waals surface area contributed by atoms with Crippen LogP contribution < -0.4 is 5.32 Å². The van der Waals surface area contributed by atoms with Crippen LogP contribution in [0.1, 0.15) is 35.9 Å². The van der Waals surface area contributed by atoms with E-state index in [1.807, 2.05) is 0 Å². The number of fused-ring (bicyclic) bond motifs is 1. The molecule has 0 radical (unpaired) electrons. The predicted molar refractivity (Wildman–Crippen MR) is 51.6 cm³/mol. The molecule has 1 aromatic rings. The maximum absolute atomic E-state index is 4.50. The minimum Gasteiger partial charge on any atom is -0.311 e. The van der Waals surface area contributed by atoms with Crippen LogP contribution in [0.5, 0.6) is 0 Å². The second kappa shape index (κ2) is 3.15. The fourth-order valence-electron chi connectivity index (χ4n) is 1.63. The van der Waals surface area contributed by atoms with Gasteiger partial charge in [-0.05, 0) is 36.0 Å². The third-order valence-electron chi connectivity index (χ3n) is 2.28. The zero-order valence-corrected chi connectivity index (χ0v) is 8.37. The van der Waals surface area contributed by atoms with E-state index < -0.39 is 0 Å². The van der Waals surface area contributed by atoms with E-state index in [0.29, 0.717) is 5.92 Å². The molecule has 0 unspecified atom stereocenters. The van der Waals surface area contributed by atoms with Crippen LogP contribution in [-0.2, 0) is 13.0 Å². The highest BCUT2D eigenvalue weighted by Crippen LogP contribution is 2.27. The van der Waals surface area contributed by atoms with Gasteiger partial charge in [0.25, 0.3) is 0 Å². The second-order valence-electron chi connectivity index (χ2n) is 3.55. The van der Waals surface area contributed by atoms with Gasteiger partial charge in [-0.1, -0.05) is 13.8 Å². The summed E-state index contributed by atoms with van der Waals surface area (Å²) in [5.41, 5.74) is 2.85. The lowest BCUT2D eigenvalue weighted by Gasteiger charge is -2.13. The zero-order valence-electron chi connectivity index (χ0n) is 7.55. The molecule has 2 heterocycles. The quantitative estimate of drug-likeness (QED) is 0.717. The van der Waals surface area contributed by atoms with Gasteiger partial charge in [-0.3, -0.25) is 0 Å². The van der Waals surface area contributed by atoms with E-state index >= 15 is 0 Å². The van der Waals surface area contributed by atoms with Gasteiger partial charge < -0.3 is 5.32 Å². The van der Waals surface area contributed by atoms with E-state index in [2.05, 4.69) is 23.5 Å². The van der Waals surface area contributed by atoms with Gasteiger partial charge in [0.1, 0.15) is 0 Å². The van der Waals surface area contributed by atoms with E-state index in [1.54, 1.807) is 11.5 Å². The molecule has 0 spiro atoms. The van der Waals surface area contributed by atoms with Crippen molar-refractivity contribution < 1.29 is 0 Å². The first-order chi connectivity index (χ1) is 5.79. The Hall–Kier alpha value is -0.410. The van der Waals surface area contributed by atoms with E-state index in [1.165, 1.54) is 22.6 Å². The third kappa shape index (κ3) is 1.27. The number of aromatic nitrogens is 1. The van der Waals surface area contributed by atoms with Crippen LogP contribution in [0.25, 0.3) is 0 Å². The highest BCUT2D eigenvalue weighted by Gasteiger charge is 2.18. The Morgan fingerprint density at radius 2 is 2.33 bits per heavy atom. The normalized spacial score (nSPS) is 16.6. The molecule has 0 aromatic carbocycles. The minimum atomic E-state index is 0.586. The van der Waals surface area contributed by atoms with E-state index in [-0.39, 0.29) is 0 Å². The molecule has 0 atom stereocenters. The fraction of sp³-hybridized carbons (Fsp3) is 0.667. The summed E-state index contributed by atoms with van der Waals surface area (Å²) in [6, 6.07) is 0. The Morgan fingerprint density at radius 3 is 3.08 bits per heavy atom. The second-order valence-corrected chi connectivity index (χ2v) is 4.41. The highest BCUT2D eigenvalue weighted by atomic mass is 32.1. The first kappa shape index (κ1) is 8.20. The van der Waals surface area contributed by atoms with Crippen molar-refractivity contribution in [2.24, 2.45) is 0 Å². The van der Waals surface area contributed by atoms with Gasteiger partial charge in [0.05, 0.1) is 5.69 Å². The Morgan fingerprint density at radius 1 is 1.50 bits per heavy atom. The van der Waals surface area contributed by atoms with Crippen molar-refractivity contribution in [2.75, 3.05) is 6.54 Å². The summed E-state index contributed by atoms with van der Waals surface area (Å²) in [7, 11) is 0. The topological polar surface area (TPSA) is 24.9 Å². The van der Waals surface area contributed by atoms with Crippen LogP contribution in [0.4, 0.5) is 0 Å². The first-order valence-electron chi connectivity index (χ1n) is 4.47. The van der Waals surface area contributed by atoms with Gasteiger partial charge >= 0.3 is 0 Å². The van der Waals surface area contributed by atoms with Crippen molar-refractivity contribution in [3.63, 3.8) is 0 Å². The van der Waals surface area contributed by atoms with Gasteiger partial charge in [0, 0.05) is 11.4 Å². The lowest BCUT2D eigenvalue weighted by Crippen LogP contribution is -2.22. The van der Waals surface area contributed by atoms with Crippen molar-refractivity contribution in [2.45, 2.75) is 32.7 Å². The van der Waals surface area contributed by atoms with Crippen LogP contribution in [0.3, 0.4) is 0 Å². The Labute approximate surface area is 77.2 Å². The average molecular weight is 182 g/mol. The van der Waals surface area contributed by atoms with Crippen molar-refractivity contribution >= 4 is 11.5 Å². The molecule has 2 rings (SSSR count). The van der Waals surface area contributed by atoms with Crippen LogP contribution in [0.2, 0.25) is 0 Å². The summed E-state index contributed by atoms with van der Waals surface area (Å²) < 4.78 is 4.50.